The van der Waals surface area contributed by atoms with E-state index >= 15 is 9.59 Å². The quantitative estimate of drug-likeness (QED) is 0.0248. The molecule has 0 radical (unpaired) electrons. The molecule has 4 aromatic carbocycles. The summed E-state index contributed by atoms with van der Waals surface area (Å²) in [4.78, 5) is 147. The van der Waals surface area contributed by atoms with E-state index in [0.29, 0.717) is 37.3 Å². The molecule has 1 saturated heterocycles. The SMILES string of the molecule is CC(=O)O[C@H]1C(=O)[C@@]2(C)[C@H]([C@H](OC(=O)c3ccccc3)[C@]3(O)C[C@H](OC(=O)[C@H](OC(=O)c4ccccc4)[C@@H](NC(=O)OCc4cc(=O)oc5cc(N(CC(=O)NCCN(C)C)CC(=O)NCCN(C)C)ccc45)c4ccccc4)C(C)=C1C3(C)C)[C@]1(OC(C)=O)CO[C@@H]1C[C@@H]2O. The van der Waals surface area contributed by atoms with Gasteiger partial charge in [-0.3, -0.25) is 24.0 Å². The van der Waals surface area contributed by atoms with Gasteiger partial charge in [0.15, 0.2) is 17.5 Å². The van der Waals surface area contributed by atoms with E-state index in [-0.39, 0.29) is 70.3 Å². The number of ether oxygens (including phenoxy) is 7. The van der Waals surface area contributed by atoms with Crippen molar-refractivity contribution < 1.29 is 90.9 Å². The van der Waals surface area contributed by atoms with E-state index in [1.165, 1.54) is 75.1 Å². The zero-order chi connectivity index (χ0) is 69.6. The van der Waals surface area contributed by atoms with Gasteiger partial charge in [-0.1, -0.05) is 80.6 Å². The van der Waals surface area contributed by atoms with Gasteiger partial charge in [-0.25, -0.2) is 24.0 Å². The Morgan fingerprint density at radius 1 is 0.729 bits per heavy atom. The second kappa shape index (κ2) is 29.3. The number of Topliss-reactive ketones (excluding diaryl/α,β-unsaturated/α-hetero) is 1. The van der Waals surface area contributed by atoms with Gasteiger partial charge >= 0.3 is 41.6 Å². The summed E-state index contributed by atoms with van der Waals surface area (Å²) >= 11 is 0. The van der Waals surface area contributed by atoms with Crippen molar-refractivity contribution in [2.75, 3.05) is 79.0 Å². The van der Waals surface area contributed by atoms with Gasteiger partial charge in [0.05, 0.1) is 48.3 Å². The van der Waals surface area contributed by atoms with Gasteiger partial charge in [0.1, 0.15) is 42.1 Å². The molecule has 2 heterocycles. The van der Waals surface area contributed by atoms with Crippen LogP contribution in [0.3, 0.4) is 0 Å². The fourth-order valence-electron chi connectivity index (χ4n) is 13.6. The normalized spacial score (nSPS) is 24.6. The number of aliphatic hydroxyl groups excluding tert-OH is 1. The molecule has 2 bridgehead atoms. The number of esters is 5. The molecule has 5 aromatic rings. The Balaban J connectivity index is 1.09. The number of aliphatic hydroxyl groups is 2. The number of carbonyl (C=O) groups excluding carboxylic acids is 9. The molecule has 1 aromatic heterocycles. The van der Waals surface area contributed by atoms with E-state index in [1.54, 1.807) is 66.7 Å². The minimum Gasteiger partial charge on any atom is -0.455 e. The average Bonchev–Trinajstić information content (AvgIpc) is 0.670. The third-order valence-electron chi connectivity index (χ3n) is 18.6. The van der Waals surface area contributed by atoms with E-state index in [9.17, 15) is 48.6 Å². The topological polar surface area (TPSA) is 335 Å². The summed E-state index contributed by atoms with van der Waals surface area (Å²) in [5.41, 5.74) is -8.69. The number of alkyl carbamates (subject to hydrolysis) is 1. The molecule has 9 rings (SSSR count). The van der Waals surface area contributed by atoms with E-state index < -0.39 is 138 Å². The summed E-state index contributed by atoms with van der Waals surface area (Å²) in [5.74, 6) is -8.59. The van der Waals surface area contributed by atoms with E-state index in [2.05, 4.69) is 16.0 Å². The maximum Gasteiger partial charge on any atom is 0.408 e. The van der Waals surface area contributed by atoms with Crippen molar-refractivity contribution in [2.24, 2.45) is 16.7 Å². The number of rotatable bonds is 24. The molecule has 0 spiro atoms. The van der Waals surface area contributed by atoms with E-state index in [4.69, 9.17) is 37.6 Å². The van der Waals surface area contributed by atoms with Crippen LogP contribution in [0.15, 0.2) is 136 Å². The Labute approximate surface area is 554 Å². The molecule has 512 valence electrons. The second-order valence-corrected chi connectivity index (χ2v) is 25.9. The van der Waals surface area contributed by atoms with Crippen molar-refractivity contribution in [1.29, 1.82) is 0 Å². The van der Waals surface area contributed by atoms with Crippen molar-refractivity contribution in [3.8, 4) is 0 Å². The van der Waals surface area contributed by atoms with Gasteiger partial charge in [0, 0.05) is 87.1 Å². The van der Waals surface area contributed by atoms with Crippen molar-refractivity contribution in [1.82, 2.24) is 25.8 Å². The van der Waals surface area contributed by atoms with Crippen molar-refractivity contribution in [3.63, 3.8) is 0 Å². The molecule has 96 heavy (non-hydrogen) atoms. The molecule has 26 nitrogen and oxygen atoms in total. The van der Waals surface area contributed by atoms with E-state index in [0.717, 1.165) is 19.9 Å². The highest BCUT2D eigenvalue weighted by Crippen LogP contribution is 2.64. The lowest BCUT2D eigenvalue weighted by Crippen LogP contribution is -2.82. The summed E-state index contributed by atoms with van der Waals surface area (Å²) in [5, 5.41) is 35.2. The Kier molecular flexibility index (Phi) is 21.7. The molecule has 5 N–H and O–H groups in total. The number of nitrogens with zero attached hydrogens (tertiary/aromatic N) is 3. The van der Waals surface area contributed by atoms with Crippen LogP contribution in [0.2, 0.25) is 0 Å². The van der Waals surface area contributed by atoms with E-state index in [1.807, 2.05) is 38.0 Å². The lowest BCUT2D eigenvalue weighted by molar-refractivity contribution is -0.346. The van der Waals surface area contributed by atoms with Crippen LogP contribution in [0.4, 0.5) is 10.5 Å². The lowest BCUT2D eigenvalue weighted by Gasteiger charge is -2.67. The van der Waals surface area contributed by atoms with Gasteiger partial charge < -0.3 is 78.4 Å². The van der Waals surface area contributed by atoms with Gasteiger partial charge in [-0.2, -0.15) is 0 Å². The van der Waals surface area contributed by atoms with Crippen LogP contribution in [-0.4, -0.2) is 195 Å². The zero-order valence-electron chi connectivity index (χ0n) is 55.2. The summed E-state index contributed by atoms with van der Waals surface area (Å²) in [6.07, 6.45) is -12.7. The maximum atomic E-state index is 16.0. The van der Waals surface area contributed by atoms with Crippen molar-refractivity contribution in [3.05, 3.63) is 159 Å². The van der Waals surface area contributed by atoms with Crippen LogP contribution >= 0.6 is 0 Å². The van der Waals surface area contributed by atoms with Crippen molar-refractivity contribution in [2.45, 2.75) is 115 Å². The standard InChI is InChI=1S/C70H82N6O20/c1-40-50(35-70(88)62(95-64(85)45-24-18-13-19-25-45)60-68(6,51(79)34-52-69(60,39-90-52)96-42(3)78)61(83)58(91-41(2)77)56(40)67(70,4)5)93-65(86)59(94-63(84)44-22-16-12-17-23-44)57(43-20-14-11-15-21-43)73-66(87)89-38-46-32-55(82)92-49-33-47(26-27-48(46)49)76(36-53(80)71-28-30-74(7)8)37-54(81)72-29-31-75(9)10/h11-27,32-33,50-52,57-60,62,79,88H,28-31,34-39H2,1-10H3,(H,71,80)(H,72,81)(H,73,87)/t50-,51-,52+,57-,58+,59+,60-,62-,68+,69-,70+/m0/s1. The third kappa shape index (κ3) is 14.9. The fourth-order valence-corrected chi connectivity index (χ4v) is 13.6. The molecule has 0 unspecified atom stereocenters. The number of anilines is 1. The largest absolute Gasteiger partial charge is 0.455 e. The predicted octanol–water partition coefficient (Wildman–Crippen LogP) is 4.37. The number of ketones is 1. The number of likely N-dealkylation sites (N-methyl/N-ethyl adjacent to an activating group) is 2. The van der Waals surface area contributed by atoms with Crippen LogP contribution in [0.1, 0.15) is 92.3 Å². The smallest absolute Gasteiger partial charge is 0.408 e. The van der Waals surface area contributed by atoms with Gasteiger partial charge in [0.25, 0.3) is 0 Å². The van der Waals surface area contributed by atoms with Crippen LogP contribution in [0.5, 0.6) is 0 Å². The summed E-state index contributed by atoms with van der Waals surface area (Å²) < 4.78 is 48.7. The van der Waals surface area contributed by atoms with Crippen molar-refractivity contribution >= 4 is 70.2 Å². The molecule has 2 saturated carbocycles. The predicted molar refractivity (Wildman–Crippen MR) is 345 cm³/mol. The van der Waals surface area contributed by atoms with Crippen LogP contribution < -0.4 is 26.5 Å². The third-order valence-corrected chi connectivity index (χ3v) is 18.6. The van der Waals surface area contributed by atoms with Gasteiger partial charge in [-0.05, 0) is 95.1 Å². The average molecular weight is 1330 g/mol. The zero-order valence-corrected chi connectivity index (χ0v) is 55.2. The summed E-state index contributed by atoms with van der Waals surface area (Å²) in [7, 11) is 7.44. The minimum absolute atomic E-state index is 0.00153. The molecule has 4 aliphatic rings. The number of benzene rings is 4. The molecular weight excluding hydrogens is 1240 g/mol. The Bertz CT molecular complexity index is 3820. The Morgan fingerprint density at radius 3 is 1.86 bits per heavy atom. The van der Waals surface area contributed by atoms with Crippen LogP contribution in [0.25, 0.3) is 11.0 Å². The summed E-state index contributed by atoms with van der Waals surface area (Å²) in [6.45, 7) is 8.37. The maximum absolute atomic E-state index is 16.0. The monoisotopic (exact) mass is 1330 g/mol. The van der Waals surface area contributed by atoms with Gasteiger partial charge in [-0.15, -0.1) is 0 Å². The molecule has 3 fully saturated rings. The first-order valence-electron chi connectivity index (χ1n) is 31.5. The Hall–Kier alpha value is -9.34. The lowest BCUT2D eigenvalue weighted by atomic mass is 9.44. The summed E-state index contributed by atoms with van der Waals surface area (Å²) in [6, 6.07) is 27.2. The first-order chi connectivity index (χ1) is 45.5. The molecule has 26 heteroatoms. The van der Waals surface area contributed by atoms with Gasteiger partial charge in [0.2, 0.25) is 17.9 Å². The number of amides is 3. The highest BCUT2D eigenvalue weighted by molar-refractivity contribution is 5.96. The highest BCUT2D eigenvalue weighted by atomic mass is 16.6. The number of hydrogen-bond acceptors (Lipinski definition) is 23. The first kappa shape index (κ1) is 71.0. The first-order valence-corrected chi connectivity index (χ1v) is 31.5. The Morgan fingerprint density at radius 2 is 1.31 bits per heavy atom. The number of hydrogen-bond donors (Lipinski definition) is 5. The second-order valence-electron chi connectivity index (χ2n) is 25.9. The molecule has 3 amide bonds. The minimum atomic E-state index is -2.56. The fraction of sp³-hybridized carbons (Fsp3) is 0.457. The molecular formula is C70H82N6O20. The number of carbonyl (C=O) groups is 9. The number of fused-ring (bicyclic) bond motifs is 6. The van der Waals surface area contributed by atoms with Crippen LogP contribution in [-0.2, 0) is 68.5 Å². The molecule has 3 aliphatic carbocycles. The number of nitrogens with one attached hydrogen (secondary N) is 3. The highest BCUT2D eigenvalue weighted by Gasteiger charge is 2.78. The van der Waals surface area contributed by atoms with Crippen LogP contribution in [0, 0.1) is 16.7 Å². The molecule has 1 aliphatic heterocycles. The molecule has 11 atom stereocenters.